The minimum Gasteiger partial charge on any atom is -0.459 e. The zero-order valence-electron chi connectivity index (χ0n) is 20.9. The Labute approximate surface area is 206 Å². The van der Waals surface area contributed by atoms with Gasteiger partial charge in [-0.2, -0.15) is 0 Å². The van der Waals surface area contributed by atoms with Crippen LogP contribution in [0.2, 0.25) is 0 Å². The Morgan fingerprint density at radius 3 is 1.91 bits per heavy atom. The molecule has 0 fully saturated rings. The van der Waals surface area contributed by atoms with Crippen molar-refractivity contribution in [3.05, 3.63) is 95.6 Å². The number of carbonyl (C=O) groups excluding carboxylic acids is 2. The van der Waals surface area contributed by atoms with Crippen molar-refractivity contribution in [1.29, 1.82) is 0 Å². The summed E-state index contributed by atoms with van der Waals surface area (Å²) >= 11 is 0. The highest BCUT2D eigenvalue weighted by Crippen LogP contribution is 2.51. The molecule has 1 unspecified atom stereocenters. The smallest absolute Gasteiger partial charge is 0.324 e. The van der Waals surface area contributed by atoms with Crippen molar-refractivity contribution in [3.63, 3.8) is 0 Å². The van der Waals surface area contributed by atoms with Crippen molar-refractivity contribution in [2.45, 2.75) is 44.4 Å². The quantitative estimate of drug-likeness (QED) is 0.400. The van der Waals surface area contributed by atoms with Gasteiger partial charge in [0.1, 0.15) is 11.6 Å². The van der Waals surface area contributed by atoms with Crippen LogP contribution in [0.25, 0.3) is 11.1 Å². The lowest BCUT2D eigenvalue weighted by molar-refractivity contribution is -0.173. The molecule has 35 heavy (non-hydrogen) atoms. The average Bonchev–Trinajstić information content (AvgIpc) is 3.13. The first-order valence-electron chi connectivity index (χ1n) is 11.7. The van der Waals surface area contributed by atoms with Crippen LogP contribution >= 0.6 is 0 Å². The number of nitrogens with one attached hydrogen (secondary N) is 1. The molecule has 3 aromatic rings. The van der Waals surface area contributed by atoms with Crippen LogP contribution in [0, 0.1) is 0 Å². The van der Waals surface area contributed by atoms with E-state index < -0.39 is 23.2 Å². The summed E-state index contributed by atoms with van der Waals surface area (Å²) in [5.74, 6) is -0.828. The SMILES string of the molecule is CON(C)C(=O)CC(NC1(c2ccccc2)c2ccccc2-c2ccccc21)C(=O)OC(C)(C)C. The Balaban J connectivity index is 1.90. The second-order valence-electron chi connectivity index (χ2n) is 9.72. The molecule has 0 spiro atoms. The van der Waals surface area contributed by atoms with Gasteiger partial charge < -0.3 is 4.74 Å². The molecular weight excluding hydrogens is 440 g/mol. The Kier molecular flexibility index (Phi) is 6.79. The van der Waals surface area contributed by atoms with Gasteiger partial charge in [-0.1, -0.05) is 78.9 Å². The number of amides is 1. The van der Waals surface area contributed by atoms with Crippen molar-refractivity contribution >= 4 is 11.9 Å². The number of rotatable bonds is 7. The van der Waals surface area contributed by atoms with Crippen LogP contribution in [0.1, 0.15) is 43.9 Å². The second-order valence-corrected chi connectivity index (χ2v) is 9.72. The Hall–Kier alpha value is -3.48. The molecule has 1 aliphatic rings. The molecule has 0 saturated carbocycles. The first-order chi connectivity index (χ1) is 16.7. The fourth-order valence-electron chi connectivity index (χ4n) is 4.71. The summed E-state index contributed by atoms with van der Waals surface area (Å²) in [5, 5.41) is 4.74. The van der Waals surface area contributed by atoms with Gasteiger partial charge in [-0.25, -0.2) is 5.06 Å². The number of fused-ring (bicyclic) bond motifs is 3. The normalized spacial score (nSPS) is 14.5. The molecule has 1 N–H and O–H groups in total. The second kappa shape index (κ2) is 9.64. The number of esters is 1. The first kappa shape index (κ1) is 24.6. The standard InChI is InChI=1S/C29H32N2O4/c1-28(2,3)35-27(33)25(19-26(32)31(4)34-5)30-29(20-13-7-6-8-14-20)23-17-11-9-15-21(23)22-16-10-12-18-24(22)29/h6-18,25,30H,19H2,1-5H3. The lowest BCUT2D eigenvalue weighted by Gasteiger charge is -2.38. The highest BCUT2D eigenvalue weighted by molar-refractivity contribution is 5.87. The molecule has 1 aliphatic carbocycles. The van der Waals surface area contributed by atoms with E-state index in [-0.39, 0.29) is 12.3 Å². The lowest BCUT2D eigenvalue weighted by Crippen LogP contribution is -2.54. The van der Waals surface area contributed by atoms with E-state index in [9.17, 15) is 9.59 Å². The molecule has 0 aromatic heterocycles. The average molecular weight is 473 g/mol. The largest absolute Gasteiger partial charge is 0.459 e. The zero-order chi connectivity index (χ0) is 25.2. The van der Waals surface area contributed by atoms with Crippen molar-refractivity contribution < 1.29 is 19.2 Å². The van der Waals surface area contributed by atoms with E-state index in [1.54, 1.807) is 0 Å². The van der Waals surface area contributed by atoms with Crippen molar-refractivity contribution in [2.75, 3.05) is 14.2 Å². The molecule has 0 radical (unpaired) electrons. The van der Waals surface area contributed by atoms with Gasteiger partial charge in [0.15, 0.2) is 0 Å². The number of nitrogens with zero attached hydrogens (tertiary/aromatic N) is 1. The molecule has 1 amide bonds. The Morgan fingerprint density at radius 2 is 1.40 bits per heavy atom. The van der Waals surface area contributed by atoms with Crippen molar-refractivity contribution in [3.8, 4) is 11.1 Å². The number of benzene rings is 3. The maximum absolute atomic E-state index is 13.5. The van der Waals surface area contributed by atoms with Gasteiger partial charge in [-0.15, -0.1) is 0 Å². The number of ether oxygens (including phenoxy) is 1. The van der Waals surface area contributed by atoms with Crippen LogP contribution in [0.4, 0.5) is 0 Å². The van der Waals surface area contributed by atoms with Gasteiger partial charge >= 0.3 is 5.97 Å². The highest BCUT2D eigenvalue weighted by Gasteiger charge is 2.47. The van der Waals surface area contributed by atoms with Crippen LogP contribution in [-0.2, 0) is 24.7 Å². The van der Waals surface area contributed by atoms with Gasteiger partial charge in [-0.3, -0.25) is 19.7 Å². The summed E-state index contributed by atoms with van der Waals surface area (Å²) in [5.41, 5.74) is 3.62. The van der Waals surface area contributed by atoms with Crippen LogP contribution in [-0.4, -0.2) is 42.7 Å². The number of hydrogen-bond acceptors (Lipinski definition) is 5. The van der Waals surface area contributed by atoms with Gasteiger partial charge in [0, 0.05) is 7.05 Å². The van der Waals surface area contributed by atoms with Gasteiger partial charge in [0.25, 0.3) is 0 Å². The molecule has 0 bridgehead atoms. The zero-order valence-corrected chi connectivity index (χ0v) is 20.9. The van der Waals surface area contributed by atoms with Crippen molar-refractivity contribution in [2.24, 2.45) is 0 Å². The third kappa shape index (κ3) is 4.72. The summed E-state index contributed by atoms with van der Waals surface area (Å²) in [6, 6.07) is 25.4. The number of hydroxylamine groups is 2. The van der Waals surface area contributed by atoms with E-state index >= 15 is 0 Å². The van der Waals surface area contributed by atoms with E-state index in [1.807, 2.05) is 75.4 Å². The van der Waals surface area contributed by atoms with Crippen LogP contribution < -0.4 is 5.32 Å². The topological polar surface area (TPSA) is 67.9 Å². The predicted molar refractivity (Wildman–Crippen MR) is 135 cm³/mol. The monoisotopic (exact) mass is 472 g/mol. The van der Waals surface area contributed by atoms with Gasteiger partial charge in [0.2, 0.25) is 5.91 Å². The summed E-state index contributed by atoms with van der Waals surface area (Å²) in [6.45, 7) is 5.45. The number of carbonyl (C=O) groups is 2. The third-order valence-electron chi connectivity index (χ3n) is 6.24. The van der Waals surface area contributed by atoms with E-state index in [2.05, 4.69) is 29.6 Å². The highest BCUT2D eigenvalue weighted by atomic mass is 16.7. The lowest BCUT2D eigenvalue weighted by atomic mass is 9.79. The van der Waals surface area contributed by atoms with Gasteiger partial charge in [-0.05, 0) is 48.6 Å². The van der Waals surface area contributed by atoms with Crippen molar-refractivity contribution in [1.82, 2.24) is 10.4 Å². The Morgan fingerprint density at radius 1 is 0.886 bits per heavy atom. The molecule has 0 heterocycles. The molecule has 1 atom stereocenters. The number of hydrogen-bond donors (Lipinski definition) is 1. The van der Waals surface area contributed by atoms with E-state index in [1.165, 1.54) is 14.2 Å². The van der Waals surface area contributed by atoms with Crippen LogP contribution in [0.5, 0.6) is 0 Å². The third-order valence-corrected chi connectivity index (χ3v) is 6.24. The summed E-state index contributed by atoms with van der Waals surface area (Å²) < 4.78 is 5.77. The van der Waals surface area contributed by atoms with Crippen LogP contribution in [0.3, 0.4) is 0 Å². The maximum atomic E-state index is 13.5. The maximum Gasteiger partial charge on any atom is 0.324 e. The fraction of sp³-hybridized carbons (Fsp3) is 0.310. The van der Waals surface area contributed by atoms with Crippen LogP contribution in [0.15, 0.2) is 78.9 Å². The molecular formula is C29H32N2O4. The Bertz CT molecular complexity index is 1170. The van der Waals surface area contributed by atoms with E-state index in [0.717, 1.165) is 32.9 Å². The molecule has 182 valence electrons. The summed E-state index contributed by atoms with van der Waals surface area (Å²) in [4.78, 5) is 31.5. The minimum absolute atomic E-state index is 0.127. The molecule has 0 saturated heterocycles. The molecule has 3 aromatic carbocycles. The minimum atomic E-state index is -0.932. The molecule has 4 rings (SSSR count). The first-order valence-corrected chi connectivity index (χ1v) is 11.7. The van der Waals surface area contributed by atoms with E-state index in [0.29, 0.717) is 0 Å². The predicted octanol–water partition coefficient (Wildman–Crippen LogP) is 4.67. The summed E-state index contributed by atoms with van der Waals surface area (Å²) in [7, 11) is 2.95. The molecule has 6 nitrogen and oxygen atoms in total. The summed E-state index contributed by atoms with van der Waals surface area (Å²) in [6.07, 6.45) is -0.127. The molecule has 6 heteroatoms. The fourth-order valence-corrected chi connectivity index (χ4v) is 4.71. The molecule has 0 aliphatic heterocycles. The van der Waals surface area contributed by atoms with Gasteiger partial charge in [0.05, 0.1) is 19.1 Å². The van der Waals surface area contributed by atoms with E-state index in [4.69, 9.17) is 9.57 Å².